The second-order valence-corrected chi connectivity index (χ2v) is 4.77. The Bertz CT molecular complexity index is 451. The number of halogens is 2. The zero-order valence-electron chi connectivity index (χ0n) is 11.4. The fourth-order valence-corrected chi connectivity index (χ4v) is 2.24. The molecule has 0 radical (unpaired) electrons. The summed E-state index contributed by atoms with van der Waals surface area (Å²) < 4.78 is 18.1. The molecule has 1 saturated heterocycles. The van der Waals surface area contributed by atoms with Gasteiger partial charge in [-0.05, 0) is 50.0 Å². The number of nitrogens with one attached hydrogen (secondary N) is 2. The van der Waals surface area contributed by atoms with Crippen LogP contribution >= 0.6 is 12.4 Å². The van der Waals surface area contributed by atoms with E-state index in [9.17, 15) is 9.18 Å². The molecule has 1 aromatic carbocycles. The Labute approximate surface area is 124 Å². The smallest absolute Gasteiger partial charge is 0.251 e. The highest BCUT2D eigenvalue weighted by Gasteiger charge is 2.15. The molecular weight excluding hydrogens is 283 g/mol. The lowest BCUT2D eigenvalue weighted by molar-refractivity contribution is 0.0944. The van der Waals surface area contributed by atoms with Crippen LogP contribution in [0.5, 0.6) is 5.75 Å². The number of benzene rings is 1. The van der Waals surface area contributed by atoms with Gasteiger partial charge in [0.2, 0.25) is 0 Å². The van der Waals surface area contributed by atoms with Crippen LogP contribution in [0.4, 0.5) is 4.39 Å². The lowest BCUT2D eigenvalue weighted by Gasteiger charge is -2.22. The number of methoxy groups -OCH3 is 1. The van der Waals surface area contributed by atoms with Crippen LogP contribution in [0.1, 0.15) is 23.2 Å². The summed E-state index contributed by atoms with van der Waals surface area (Å²) >= 11 is 0. The highest BCUT2D eigenvalue weighted by atomic mass is 35.5. The third kappa shape index (κ3) is 4.35. The maximum atomic E-state index is 13.2. The lowest BCUT2D eigenvalue weighted by Crippen LogP contribution is -2.38. The summed E-state index contributed by atoms with van der Waals surface area (Å²) in [6.07, 6.45) is 2.27. The SMILES string of the molecule is COc1cc(C(=O)NCC2CCCNC2)ccc1F.Cl. The van der Waals surface area contributed by atoms with E-state index >= 15 is 0 Å². The van der Waals surface area contributed by atoms with Crippen LogP contribution in [-0.2, 0) is 0 Å². The molecular formula is C14H20ClFN2O2. The quantitative estimate of drug-likeness (QED) is 0.894. The van der Waals surface area contributed by atoms with Crippen LogP contribution in [-0.4, -0.2) is 32.7 Å². The first-order chi connectivity index (χ1) is 9.20. The number of amides is 1. The van der Waals surface area contributed by atoms with Crippen molar-refractivity contribution in [3.8, 4) is 5.75 Å². The number of piperidine rings is 1. The highest BCUT2D eigenvalue weighted by molar-refractivity contribution is 5.94. The molecule has 1 heterocycles. The second kappa shape index (κ2) is 8.07. The third-order valence-electron chi connectivity index (χ3n) is 3.36. The Morgan fingerprint density at radius 1 is 1.55 bits per heavy atom. The van der Waals surface area contributed by atoms with Gasteiger partial charge >= 0.3 is 0 Å². The summed E-state index contributed by atoms with van der Waals surface area (Å²) in [6.45, 7) is 2.64. The van der Waals surface area contributed by atoms with Gasteiger partial charge in [0.1, 0.15) is 0 Å². The Kier molecular flexibility index (Phi) is 6.75. The summed E-state index contributed by atoms with van der Waals surface area (Å²) in [5, 5.41) is 6.19. The van der Waals surface area contributed by atoms with E-state index in [2.05, 4.69) is 10.6 Å². The summed E-state index contributed by atoms with van der Waals surface area (Å²) in [7, 11) is 1.38. The minimum absolute atomic E-state index is 0. The molecule has 0 spiro atoms. The molecule has 6 heteroatoms. The largest absolute Gasteiger partial charge is 0.494 e. The minimum atomic E-state index is -0.462. The van der Waals surface area contributed by atoms with Crippen molar-refractivity contribution in [1.29, 1.82) is 0 Å². The molecule has 1 fully saturated rings. The van der Waals surface area contributed by atoms with E-state index < -0.39 is 5.82 Å². The Morgan fingerprint density at radius 2 is 2.35 bits per heavy atom. The van der Waals surface area contributed by atoms with E-state index in [0.717, 1.165) is 25.9 Å². The number of hydrogen-bond acceptors (Lipinski definition) is 3. The van der Waals surface area contributed by atoms with Crippen molar-refractivity contribution in [3.63, 3.8) is 0 Å². The van der Waals surface area contributed by atoms with E-state index in [0.29, 0.717) is 18.0 Å². The van der Waals surface area contributed by atoms with Crippen molar-refractivity contribution in [3.05, 3.63) is 29.6 Å². The van der Waals surface area contributed by atoms with Crippen LogP contribution in [0.3, 0.4) is 0 Å². The van der Waals surface area contributed by atoms with Gasteiger partial charge in [0.15, 0.2) is 11.6 Å². The molecule has 1 aliphatic heterocycles. The summed E-state index contributed by atoms with van der Waals surface area (Å²) in [5.74, 6) is -0.0913. The molecule has 0 aliphatic carbocycles. The minimum Gasteiger partial charge on any atom is -0.494 e. The van der Waals surface area contributed by atoms with Crippen LogP contribution in [0.2, 0.25) is 0 Å². The van der Waals surface area contributed by atoms with E-state index in [-0.39, 0.29) is 24.1 Å². The first-order valence-electron chi connectivity index (χ1n) is 6.53. The standard InChI is InChI=1S/C14H19FN2O2.ClH/c1-19-13-7-11(4-5-12(13)15)14(18)17-9-10-3-2-6-16-8-10;/h4-5,7,10,16H,2-3,6,8-9H2,1H3,(H,17,18);1H. The number of hydrogen-bond donors (Lipinski definition) is 2. The van der Waals surface area contributed by atoms with Crippen molar-refractivity contribution < 1.29 is 13.9 Å². The molecule has 1 aliphatic rings. The van der Waals surface area contributed by atoms with E-state index in [1.807, 2.05) is 0 Å². The summed E-state index contributed by atoms with van der Waals surface area (Å²) in [6, 6.07) is 4.13. The molecule has 1 amide bonds. The fourth-order valence-electron chi connectivity index (χ4n) is 2.24. The Balaban J connectivity index is 0.00000200. The van der Waals surface area contributed by atoms with E-state index in [1.54, 1.807) is 0 Å². The van der Waals surface area contributed by atoms with Gasteiger partial charge in [0.05, 0.1) is 7.11 Å². The molecule has 1 atom stereocenters. The van der Waals surface area contributed by atoms with Crippen molar-refractivity contribution >= 4 is 18.3 Å². The topological polar surface area (TPSA) is 50.4 Å². The molecule has 1 unspecified atom stereocenters. The maximum Gasteiger partial charge on any atom is 0.251 e. The first-order valence-corrected chi connectivity index (χ1v) is 6.53. The maximum absolute atomic E-state index is 13.2. The second-order valence-electron chi connectivity index (χ2n) is 4.77. The Morgan fingerprint density at radius 3 is 3.00 bits per heavy atom. The molecule has 112 valence electrons. The van der Waals surface area contributed by atoms with Gasteiger partial charge in [-0.15, -0.1) is 12.4 Å². The van der Waals surface area contributed by atoms with Gasteiger partial charge in [-0.25, -0.2) is 4.39 Å². The summed E-state index contributed by atoms with van der Waals surface area (Å²) in [5.41, 5.74) is 0.419. The van der Waals surface area contributed by atoms with Crippen molar-refractivity contribution in [2.24, 2.45) is 5.92 Å². The number of carbonyl (C=O) groups is 1. The van der Waals surface area contributed by atoms with Crippen molar-refractivity contribution in [2.75, 3.05) is 26.7 Å². The fraction of sp³-hybridized carbons (Fsp3) is 0.500. The van der Waals surface area contributed by atoms with Gasteiger partial charge < -0.3 is 15.4 Å². The monoisotopic (exact) mass is 302 g/mol. The van der Waals surface area contributed by atoms with Gasteiger partial charge in [-0.3, -0.25) is 4.79 Å². The van der Waals surface area contributed by atoms with Gasteiger partial charge in [0, 0.05) is 12.1 Å². The number of rotatable bonds is 4. The predicted octanol–water partition coefficient (Wildman–Crippen LogP) is 1.99. The highest BCUT2D eigenvalue weighted by Crippen LogP contribution is 2.18. The zero-order chi connectivity index (χ0) is 13.7. The lowest BCUT2D eigenvalue weighted by atomic mass is 9.99. The normalized spacial score (nSPS) is 18.0. The Hall–Kier alpha value is -1.33. The molecule has 1 aromatic rings. The molecule has 2 N–H and O–H groups in total. The van der Waals surface area contributed by atoms with E-state index in [4.69, 9.17) is 4.74 Å². The third-order valence-corrected chi connectivity index (χ3v) is 3.36. The average molecular weight is 303 g/mol. The van der Waals surface area contributed by atoms with Crippen LogP contribution in [0.25, 0.3) is 0 Å². The molecule has 20 heavy (non-hydrogen) atoms. The van der Waals surface area contributed by atoms with Crippen LogP contribution < -0.4 is 15.4 Å². The van der Waals surface area contributed by atoms with Crippen molar-refractivity contribution in [1.82, 2.24) is 10.6 Å². The van der Waals surface area contributed by atoms with Crippen LogP contribution in [0.15, 0.2) is 18.2 Å². The molecule has 2 rings (SSSR count). The van der Waals surface area contributed by atoms with Gasteiger partial charge in [-0.1, -0.05) is 0 Å². The van der Waals surface area contributed by atoms with Crippen molar-refractivity contribution in [2.45, 2.75) is 12.8 Å². The molecule has 0 bridgehead atoms. The van der Waals surface area contributed by atoms with E-state index in [1.165, 1.54) is 25.3 Å². The van der Waals surface area contributed by atoms with Gasteiger partial charge in [0.25, 0.3) is 5.91 Å². The predicted molar refractivity (Wildman–Crippen MR) is 78.1 cm³/mol. The molecule has 0 saturated carbocycles. The average Bonchev–Trinajstić information content (AvgIpc) is 2.46. The zero-order valence-corrected chi connectivity index (χ0v) is 12.3. The molecule has 4 nitrogen and oxygen atoms in total. The first kappa shape index (κ1) is 16.7. The summed E-state index contributed by atoms with van der Waals surface area (Å²) in [4.78, 5) is 12.0. The number of carbonyl (C=O) groups excluding carboxylic acids is 1. The number of ether oxygens (including phenoxy) is 1. The van der Waals surface area contributed by atoms with Crippen LogP contribution in [0, 0.1) is 11.7 Å². The molecule has 0 aromatic heterocycles. The van der Waals surface area contributed by atoms with Gasteiger partial charge in [-0.2, -0.15) is 0 Å².